The molecule has 0 radical (unpaired) electrons. The van der Waals surface area contributed by atoms with Gasteiger partial charge in [0.1, 0.15) is 0 Å². The lowest BCUT2D eigenvalue weighted by atomic mass is 9.94. The van der Waals surface area contributed by atoms with Crippen molar-refractivity contribution in [3.05, 3.63) is 173 Å². The van der Waals surface area contributed by atoms with E-state index in [4.69, 9.17) is 0 Å². The molecule has 0 saturated carbocycles. The van der Waals surface area contributed by atoms with Gasteiger partial charge < -0.3 is 4.57 Å². The van der Waals surface area contributed by atoms with E-state index in [1.807, 2.05) is 22.7 Å². The Morgan fingerprint density at radius 2 is 1.26 bits per heavy atom. The number of nitrogens with one attached hydrogen (secondary N) is 3. The van der Waals surface area contributed by atoms with Crippen LogP contribution < -0.4 is 25.7 Å². The fourth-order valence-corrected chi connectivity index (χ4v) is 12.0. The van der Waals surface area contributed by atoms with Crippen molar-refractivity contribution in [3.63, 3.8) is 0 Å². The summed E-state index contributed by atoms with van der Waals surface area (Å²) in [5.41, 5.74) is 10.3. The zero-order valence-electron chi connectivity index (χ0n) is 31.3. The SMILES string of the molecule is C1=CC(C2NC(C3=c4c(sc5c(-c6ccc7sc8ccc(-n9c%10ccccc%10c%10ccccc%109)cc8c7c6)cccc45)=CCC3)NC(c3ccccc3)N2)=CCC1. The van der Waals surface area contributed by atoms with Crippen molar-refractivity contribution >= 4 is 86.4 Å². The largest absolute Gasteiger partial charge is 0.309 e. The van der Waals surface area contributed by atoms with E-state index < -0.39 is 0 Å². The molecule has 3 atom stereocenters. The summed E-state index contributed by atoms with van der Waals surface area (Å²) < 4.78 is 7.83. The van der Waals surface area contributed by atoms with Crippen molar-refractivity contribution in [3.8, 4) is 16.8 Å². The van der Waals surface area contributed by atoms with Gasteiger partial charge in [0, 0.05) is 56.5 Å². The minimum absolute atomic E-state index is 0.0311. The lowest BCUT2D eigenvalue weighted by Gasteiger charge is -2.41. The van der Waals surface area contributed by atoms with Gasteiger partial charge in [-0.15, -0.1) is 22.7 Å². The molecule has 9 aromatic rings. The van der Waals surface area contributed by atoms with Crippen LogP contribution in [0.3, 0.4) is 0 Å². The molecule has 0 bridgehead atoms. The predicted molar refractivity (Wildman–Crippen MR) is 243 cm³/mol. The molecule has 12 rings (SSSR count). The van der Waals surface area contributed by atoms with Gasteiger partial charge in [0.25, 0.3) is 0 Å². The van der Waals surface area contributed by atoms with E-state index in [9.17, 15) is 0 Å². The molecule has 3 N–H and O–H groups in total. The van der Waals surface area contributed by atoms with Gasteiger partial charge in [0.2, 0.25) is 0 Å². The molecule has 0 amide bonds. The second kappa shape index (κ2) is 13.5. The summed E-state index contributed by atoms with van der Waals surface area (Å²) in [4.78, 5) is 0. The lowest BCUT2D eigenvalue weighted by molar-refractivity contribution is 0.253. The van der Waals surface area contributed by atoms with Crippen LogP contribution in [0.4, 0.5) is 0 Å². The van der Waals surface area contributed by atoms with E-state index >= 15 is 0 Å². The van der Waals surface area contributed by atoms with E-state index in [2.05, 4.69) is 178 Å². The Kier molecular flexibility index (Phi) is 7.95. The molecule has 6 heteroatoms. The summed E-state index contributed by atoms with van der Waals surface area (Å²) >= 11 is 3.85. The van der Waals surface area contributed by atoms with Gasteiger partial charge in [0.05, 0.1) is 29.5 Å². The smallest absolute Gasteiger partial charge is 0.0864 e. The number of thiophene rings is 2. The Balaban J connectivity index is 0.986. The van der Waals surface area contributed by atoms with Crippen LogP contribution in [0.2, 0.25) is 0 Å². The first-order valence-corrected chi connectivity index (χ1v) is 21.8. The third-order valence-corrected chi connectivity index (χ3v) is 14.6. The number of benzene rings is 6. The summed E-state index contributed by atoms with van der Waals surface area (Å²) in [5.74, 6) is 0. The molecule has 1 saturated heterocycles. The average Bonchev–Trinajstić information content (AvgIpc) is 3.96. The Labute approximate surface area is 338 Å². The second-order valence-corrected chi connectivity index (χ2v) is 17.7. The van der Waals surface area contributed by atoms with Crippen molar-refractivity contribution in [2.75, 3.05) is 0 Å². The van der Waals surface area contributed by atoms with Crippen molar-refractivity contribution in [1.29, 1.82) is 0 Å². The molecule has 4 nitrogen and oxygen atoms in total. The maximum absolute atomic E-state index is 4.01. The van der Waals surface area contributed by atoms with E-state index in [0.29, 0.717) is 0 Å². The Morgan fingerprint density at radius 1 is 0.544 bits per heavy atom. The molecule has 57 heavy (non-hydrogen) atoms. The number of hydrogen-bond donors (Lipinski definition) is 3. The van der Waals surface area contributed by atoms with Crippen molar-refractivity contribution in [2.45, 2.75) is 44.2 Å². The summed E-state index contributed by atoms with van der Waals surface area (Å²) in [6.07, 6.45) is 13.9. The van der Waals surface area contributed by atoms with Crippen LogP contribution in [0.1, 0.15) is 37.4 Å². The van der Waals surface area contributed by atoms with Crippen molar-refractivity contribution in [1.82, 2.24) is 20.5 Å². The zero-order chi connectivity index (χ0) is 37.5. The fraction of sp³-hybridized carbons (Fsp3) is 0.137. The highest BCUT2D eigenvalue weighted by Crippen LogP contribution is 2.41. The highest BCUT2D eigenvalue weighted by Gasteiger charge is 2.32. The minimum atomic E-state index is 0.0311. The van der Waals surface area contributed by atoms with Crippen LogP contribution >= 0.6 is 22.7 Å². The molecule has 1 aliphatic heterocycles. The number of rotatable bonds is 5. The van der Waals surface area contributed by atoms with Crippen molar-refractivity contribution < 1.29 is 0 Å². The third kappa shape index (κ3) is 5.51. The molecule has 4 heterocycles. The molecule has 6 aromatic carbocycles. The standard InChI is InChI=1S/C51H40N4S2/c1-3-13-31(14-4-1)49-52-50(32-15-5-2-6-16-32)54-51(53-49)39-21-12-24-46-47(39)38-20-11-19-35(48(38)57-46)33-25-27-44-40(29-33)41-30-34(26-28-45(41)56-44)55-42-22-9-7-17-36(42)37-18-8-10-23-43(37)55/h1,3-5,7-11,13-20,22-30,49-54H,2,6,12,21H2. The predicted octanol–water partition coefficient (Wildman–Crippen LogP) is 11.2. The summed E-state index contributed by atoms with van der Waals surface area (Å²) in [5, 5.41) is 19.9. The van der Waals surface area contributed by atoms with Crippen molar-refractivity contribution in [2.24, 2.45) is 0 Å². The molecule has 3 aliphatic rings. The first-order valence-electron chi connectivity index (χ1n) is 20.1. The molecule has 3 aromatic heterocycles. The minimum Gasteiger partial charge on any atom is -0.309 e. The highest BCUT2D eigenvalue weighted by molar-refractivity contribution is 7.25. The van der Waals surface area contributed by atoms with Gasteiger partial charge in [0.15, 0.2) is 0 Å². The summed E-state index contributed by atoms with van der Waals surface area (Å²) in [6.45, 7) is 0. The van der Waals surface area contributed by atoms with Gasteiger partial charge in [-0.3, -0.25) is 16.0 Å². The monoisotopic (exact) mass is 772 g/mol. The van der Waals surface area contributed by atoms with Gasteiger partial charge >= 0.3 is 0 Å². The zero-order valence-corrected chi connectivity index (χ0v) is 33.0. The Bertz CT molecular complexity index is 3200. The maximum Gasteiger partial charge on any atom is 0.0864 e. The Morgan fingerprint density at radius 3 is 2.07 bits per heavy atom. The highest BCUT2D eigenvalue weighted by atomic mass is 32.1. The number of para-hydroxylation sites is 2. The van der Waals surface area contributed by atoms with Crippen LogP contribution in [0, 0.1) is 0 Å². The topological polar surface area (TPSA) is 41.0 Å². The second-order valence-electron chi connectivity index (χ2n) is 15.5. The summed E-state index contributed by atoms with van der Waals surface area (Å²) in [6, 6.07) is 49.5. The molecule has 276 valence electrons. The molecular formula is C51H40N4S2. The van der Waals surface area contributed by atoms with E-state index in [1.54, 1.807) is 0 Å². The number of fused-ring (bicyclic) bond motifs is 9. The van der Waals surface area contributed by atoms with Gasteiger partial charge in [-0.05, 0) is 96.0 Å². The normalized spacial score (nSPS) is 19.8. The number of nitrogens with zero attached hydrogens (tertiary/aromatic N) is 1. The van der Waals surface area contributed by atoms with Gasteiger partial charge in [-0.25, -0.2) is 0 Å². The third-order valence-electron chi connectivity index (χ3n) is 12.2. The molecule has 0 spiro atoms. The number of hydrogen-bond acceptors (Lipinski definition) is 5. The van der Waals surface area contributed by atoms with Crippen LogP contribution in [-0.4, -0.2) is 16.9 Å². The van der Waals surface area contributed by atoms with Crippen LogP contribution in [-0.2, 0) is 0 Å². The number of allylic oxidation sites excluding steroid dienone is 2. The fourth-order valence-electron chi connectivity index (χ4n) is 9.61. The molecule has 2 aliphatic carbocycles. The van der Waals surface area contributed by atoms with E-state index in [0.717, 1.165) is 25.7 Å². The van der Waals surface area contributed by atoms with Crippen LogP contribution in [0.25, 0.3) is 80.5 Å². The lowest BCUT2D eigenvalue weighted by Crippen LogP contribution is -2.64. The van der Waals surface area contributed by atoms with E-state index in [-0.39, 0.29) is 18.5 Å². The maximum atomic E-state index is 4.01. The van der Waals surface area contributed by atoms with Crippen LogP contribution in [0.15, 0.2) is 157 Å². The molecular weight excluding hydrogens is 733 g/mol. The first-order chi connectivity index (χ1) is 28.2. The van der Waals surface area contributed by atoms with Gasteiger partial charge in [-0.1, -0.05) is 115 Å². The summed E-state index contributed by atoms with van der Waals surface area (Å²) in [7, 11) is 0. The quantitative estimate of drug-likeness (QED) is 0.163. The van der Waals surface area contributed by atoms with E-state index in [1.165, 1.54) is 95.3 Å². The molecule has 1 fully saturated rings. The molecule has 3 unspecified atom stereocenters. The average molecular weight is 773 g/mol. The van der Waals surface area contributed by atoms with Gasteiger partial charge in [-0.2, -0.15) is 0 Å². The van der Waals surface area contributed by atoms with Crippen LogP contribution in [0.5, 0.6) is 0 Å². The Hall–Kier alpha value is -5.60. The number of aromatic nitrogens is 1. The first kappa shape index (κ1) is 33.5.